The molecule has 0 radical (unpaired) electrons. The highest BCUT2D eigenvalue weighted by Crippen LogP contribution is 2.14. The largest absolute Gasteiger partial charge is 0.497 e. The minimum Gasteiger partial charge on any atom is -0.497 e. The molecule has 16 heavy (non-hydrogen) atoms. The van der Waals surface area contributed by atoms with Crippen molar-refractivity contribution >= 4 is 34.0 Å². The molecule has 0 aromatic heterocycles. The molecule has 1 rings (SSSR count). The van der Waals surface area contributed by atoms with E-state index < -0.39 is 0 Å². The summed E-state index contributed by atoms with van der Waals surface area (Å²) in [6.07, 6.45) is 7.85. The minimum atomic E-state index is 0.870. The summed E-state index contributed by atoms with van der Waals surface area (Å²) >= 11 is 3.31. The Morgan fingerprint density at radius 3 is 2.31 bits per heavy atom. The standard InChI is InChI=1S/C12H15NOS2/c1-14-11-6-4-10(5-7-11)8-9-13-12(15-2)16-3/h4-9H,1-3H3. The number of aliphatic imine (C=N–C) groups is 1. The summed E-state index contributed by atoms with van der Waals surface area (Å²) in [5, 5.41) is 0. The number of benzene rings is 1. The third kappa shape index (κ3) is 4.33. The van der Waals surface area contributed by atoms with Gasteiger partial charge in [0.1, 0.15) is 10.1 Å². The van der Waals surface area contributed by atoms with Crippen molar-refractivity contribution in [3.8, 4) is 5.75 Å². The lowest BCUT2D eigenvalue weighted by Crippen LogP contribution is -1.81. The molecular weight excluding hydrogens is 238 g/mol. The van der Waals surface area contributed by atoms with Crippen LogP contribution in [-0.4, -0.2) is 24.0 Å². The van der Waals surface area contributed by atoms with Gasteiger partial charge in [-0.1, -0.05) is 12.1 Å². The molecule has 4 heteroatoms. The average molecular weight is 253 g/mol. The molecule has 0 N–H and O–H groups in total. The normalized spacial score (nSPS) is 10.4. The van der Waals surface area contributed by atoms with Crippen LogP contribution in [-0.2, 0) is 0 Å². The monoisotopic (exact) mass is 253 g/mol. The van der Waals surface area contributed by atoms with Gasteiger partial charge < -0.3 is 4.74 Å². The molecule has 0 saturated carbocycles. The molecule has 0 fully saturated rings. The molecule has 1 aromatic rings. The second-order valence-electron chi connectivity index (χ2n) is 2.89. The molecule has 0 amide bonds. The molecule has 0 saturated heterocycles. The maximum atomic E-state index is 5.09. The van der Waals surface area contributed by atoms with Gasteiger partial charge >= 0.3 is 0 Å². The second kappa shape index (κ2) is 7.41. The van der Waals surface area contributed by atoms with Crippen molar-refractivity contribution in [3.63, 3.8) is 0 Å². The van der Waals surface area contributed by atoms with Gasteiger partial charge in [-0.05, 0) is 36.3 Å². The predicted molar refractivity (Wildman–Crippen MR) is 76.5 cm³/mol. The fourth-order valence-electron chi connectivity index (χ4n) is 1.09. The van der Waals surface area contributed by atoms with Crippen LogP contribution in [0.2, 0.25) is 0 Å². The minimum absolute atomic E-state index is 0.870. The maximum absolute atomic E-state index is 5.09. The van der Waals surface area contributed by atoms with Crippen LogP contribution in [0.4, 0.5) is 0 Å². The van der Waals surface area contributed by atoms with E-state index in [1.54, 1.807) is 30.6 Å². The van der Waals surface area contributed by atoms with Crippen molar-refractivity contribution < 1.29 is 4.74 Å². The van der Waals surface area contributed by atoms with Gasteiger partial charge in [0.2, 0.25) is 0 Å². The third-order valence-electron chi connectivity index (χ3n) is 1.91. The van der Waals surface area contributed by atoms with Crippen molar-refractivity contribution in [2.24, 2.45) is 4.99 Å². The quantitative estimate of drug-likeness (QED) is 0.605. The lowest BCUT2D eigenvalue weighted by Gasteiger charge is -1.98. The van der Waals surface area contributed by atoms with Crippen LogP contribution in [0, 0.1) is 0 Å². The Bertz CT molecular complexity index is 365. The summed E-state index contributed by atoms with van der Waals surface area (Å²) in [4.78, 5) is 4.33. The Morgan fingerprint density at radius 1 is 1.19 bits per heavy atom. The third-order valence-corrected chi connectivity index (χ3v) is 3.82. The van der Waals surface area contributed by atoms with E-state index >= 15 is 0 Å². The van der Waals surface area contributed by atoms with Crippen molar-refractivity contribution in [1.29, 1.82) is 0 Å². The summed E-state index contributed by atoms with van der Waals surface area (Å²) in [5.41, 5.74) is 1.12. The van der Waals surface area contributed by atoms with Crippen LogP contribution in [0.5, 0.6) is 5.75 Å². The summed E-state index contributed by atoms with van der Waals surface area (Å²) < 4.78 is 6.15. The van der Waals surface area contributed by atoms with Gasteiger partial charge in [-0.2, -0.15) is 0 Å². The van der Waals surface area contributed by atoms with Gasteiger partial charge in [-0.15, -0.1) is 23.5 Å². The molecule has 0 bridgehead atoms. The maximum Gasteiger partial charge on any atom is 0.129 e. The predicted octanol–water partition coefficient (Wildman–Crippen LogP) is 3.75. The fourth-order valence-corrected chi connectivity index (χ4v) is 2.09. The summed E-state index contributed by atoms with van der Waals surface area (Å²) in [5.74, 6) is 0.870. The van der Waals surface area contributed by atoms with E-state index in [0.29, 0.717) is 0 Å². The van der Waals surface area contributed by atoms with Crippen molar-refractivity contribution in [2.75, 3.05) is 19.6 Å². The number of methoxy groups -OCH3 is 1. The van der Waals surface area contributed by atoms with Crippen LogP contribution >= 0.6 is 23.5 Å². The first-order valence-electron chi connectivity index (χ1n) is 4.76. The van der Waals surface area contributed by atoms with E-state index in [0.717, 1.165) is 15.7 Å². The first-order chi connectivity index (χ1) is 7.80. The zero-order chi connectivity index (χ0) is 11.8. The molecule has 86 valence electrons. The van der Waals surface area contributed by atoms with Crippen LogP contribution in [0.25, 0.3) is 6.08 Å². The number of hydrogen-bond acceptors (Lipinski definition) is 4. The van der Waals surface area contributed by atoms with E-state index in [2.05, 4.69) is 4.99 Å². The molecule has 0 spiro atoms. The van der Waals surface area contributed by atoms with Gasteiger partial charge in [0.15, 0.2) is 0 Å². The second-order valence-corrected chi connectivity index (χ2v) is 4.74. The number of rotatable bonds is 3. The molecule has 0 heterocycles. The van der Waals surface area contributed by atoms with Gasteiger partial charge in [0.05, 0.1) is 7.11 Å². The summed E-state index contributed by atoms with van der Waals surface area (Å²) in [6.45, 7) is 0. The molecule has 0 aliphatic heterocycles. The lowest BCUT2D eigenvalue weighted by molar-refractivity contribution is 0.415. The molecular formula is C12H15NOS2. The molecule has 0 atom stereocenters. The fraction of sp³-hybridized carbons (Fsp3) is 0.250. The molecule has 2 nitrogen and oxygen atoms in total. The first-order valence-corrected chi connectivity index (χ1v) is 7.21. The van der Waals surface area contributed by atoms with E-state index in [1.807, 2.05) is 49.1 Å². The SMILES string of the molecule is COc1ccc(C=CN=C(SC)SC)cc1. The van der Waals surface area contributed by atoms with Gasteiger partial charge in [-0.3, -0.25) is 0 Å². The van der Waals surface area contributed by atoms with Crippen molar-refractivity contribution in [2.45, 2.75) is 0 Å². The van der Waals surface area contributed by atoms with Crippen molar-refractivity contribution in [3.05, 3.63) is 36.0 Å². The number of nitrogens with zero attached hydrogens (tertiary/aromatic N) is 1. The average Bonchev–Trinajstić information content (AvgIpc) is 2.35. The van der Waals surface area contributed by atoms with Crippen LogP contribution in [0.15, 0.2) is 35.5 Å². The van der Waals surface area contributed by atoms with Crippen molar-refractivity contribution in [1.82, 2.24) is 0 Å². The van der Waals surface area contributed by atoms with E-state index in [-0.39, 0.29) is 0 Å². The number of ether oxygens (including phenoxy) is 1. The molecule has 1 aromatic carbocycles. The zero-order valence-corrected chi connectivity index (χ0v) is 11.3. The smallest absolute Gasteiger partial charge is 0.129 e. The Morgan fingerprint density at radius 2 is 1.81 bits per heavy atom. The van der Waals surface area contributed by atoms with E-state index in [4.69, 9.17) is 4.74 Å². The Balaban J connectivity index is 2.65. The highest BCUT2D eigenvalue weighted by atomic mass is 32.2. The van der Waals surface area contributed by atoms with Crippen LogP contribution in [0.3, 0.4) is 0 Å². The summed E-state index contributed by atoms with van der Waals surface area (Å²) in [6, 6.07) is 7.88. The number of hydrogen-bond donors (Lipinski definition) is 0. The molecule has 0 aliphatic carbocycles. The Hall–Kier alpha value is -0.870. The zero-order valence-electron chi connectivity index (χ0n) is 9.64. The first kappa shape index (κ1) is 13.2. The van der Waals surface area contributed by atoms with Gasteiger partial charge in [0.25, 0.3) is 0 Å². The number of thioether (sulfide) groups is 2. The Kier molecular flexibility index (Phi) is 6.11. The van der Waals surface area contributed by atoms with Gasteiger partial charge in [-0.25, -0.2) is 4.99 Å². The Labute approximate surface area is 105 Å². The summed E-state index contributed by atoms with van der Waals surface area (Å²) in [7, 11) is 1.67. The lowest BCUT2D eigenvalue weighted by atomic mass is 10.2. The topological polar surface area (TPSA) is 21.6 Å². The molecule has 0 aliphatic rings. The van der Waals surface area contributed by atoms with Crippen LogP contribution in [0.1, 0.15) is 5.56 Å². The highest BCUT2D eigenvalue weighted by Gasteiger charge is 1.91. The highest BCUT2D eigenvalue weighted by molar-refractivity contribution is 8.38. The molecule has 0 unspecified atom stereocenters. The van der Waals surface area contributed by atoms with Gasteiger partial charge in [0, 0.05) is 6.20 Å². The van der Waals surface area contributed by atoms with Crippen LogP contribution < -0.4 is 4.74 Å². The van der Waals surface area contributed by atoms with E-state index in [1.165, 1.54) is 0 Å². The van der Waals surface area contributed by atoms with E-state index in [9.17, 15) is 0 Å².